The van der Waals surface area contributed by atoms with Crippen LogP contribution in [0.3, 0.4) is 0 Å². The maximum Gasteiger partial charge on any atom is 0.472 e. The van der Waals surface area contributed by atoms with Crippen molar-refractivity contribution in [3.05, 3.63) is 24.3 Å². The number of carbonyl (C=O) groups excluding carboxylic acids is 2. The summed E-state index contributed by atoms with van der Waals surface area (Å²) in [6, 6.07) is 0. The molecule has 0 fully saturated rings. The second-order valence-electron chi connectivity index (χ2n) is 13.4. The van der Waals surface area contributed by atoms with Crippen LogP contribution in [0, 0.1) is 0 Å². The Hall–Kier alpha value is -1.47. The van der Waals surface area contributed by atoms with Crippen molar-refractivity contribution in [2.24, 2.45) is 0 Å². The number of hydrogen-bond donors (Lipinski definition) is 1. The first kappa shape index (κ1) is 47.5. The SMILES string of the molecule is CCCCCC/C=C\C/C=C\CCCCCCCCCC(=O)OC(COC(=O)CCCCCCCCCCCCCC)COP(=O)(O)OC. The monoisotopic (exact) mass is 715 g/mol. The lowest BCUT2D eigenvalue weighted by Crippen LogP contribution is -2.29. The molecule has 0 saturated heterocycles. The van der Waals surface area contributed by atoms with Crippen LogP contribution in [0.4, 0.5) is 0 Å². The molecule has 0 amide bonds. The molecular formula is C40H75O8P. The van der Waals surface area contributed by atoms with Crippen molar-refractivity contribution in [2.45, 2.75) is 200 Å². The van der Waals surface area contributed by atoms with E-state index in [1.807, 2.05) is 0 Å². The number of phosphoric ester groups is 1. The van der Waals surface area contributed by atoms with E-state index in [1.165, 1.54) is 109 Å². The van der Waals surface area contributed by atoms with E-state index in [0.717, 1.165) is 58.5 Å². The van der Waals surface area contributed by atoms with Crippen molar-refractivity contribution in [3.63, 3.8) is 0 Å². The van der Waals surface area contributed by atoms with Gasteiger partial charge in [0, 0.05) is 20.0 Å². The van der Waals surface area contributed by atoms with Gasteiger partial charge in [-0.2, -0.15) is 0 Å². The molecule has 0 aromatic heterocycles. The zero-order valence-electron chi connectivity index (χ0n) is 31.9. The van der Waals surface area contributed by atoms with E-state index in [4.69, 9.17) is 14.0 Å². The third kappa shape index (κ3) is 36.1. The number of rotatable bonds is 37. The van der Waals surface area contributed by atoms with Gasteiger partial charge in [0.2, 0.25) is 0 Å². The molecule has 0 aromatic rings. The fourth-order valence-corrected chi connectivity index (χ4v) is 6.03. The van der Waals surface area contributed by atoms with E-state index >= 15 is 0 Å². The molecule has 2 atom stereocenters. The molecule has 0 heterocycles. The number of hydrogen-bond acceptors (Lipinski definition) is 7. The summed E-state index contributed by atoms with van der Waals surface area (Å²) in [6.45, 7) is 3.86. The summed E-state index contributed by atoms with van der Waals surface area (Å²) >= 11 is 0. The number of unbranched alkanes of at least 4 members (excludes halogenated alkanes) is 22. The molecule has 0 aliphatic rings. The lowest BCUT2D eigenvalue weighted by molar-refractivity contribution is -0.161. The second kappa shape index (κ2) is 36.3. The Bertz CT molecular complexity index is 859. The van der Waals surface area contributed by atoms with Crippen LogP contribution in [0.1, 0.15) is 194 Å². The number of phosphoric acid groups is 1. The third-order valence-corrected chi connectivity index (χ3v) is 9.64. The highest BCUT2D eigenvalue weighted by molar-refractivity contribution is 7.47. The minimum absolute atomic E-state index is 0.225. The van der Waals surface area contributed by atoms with Gasteiger partial charge >= 0.3 is 19.8 Å². The molecule has 0 radical (unpaired) electrons. The molecule has 1 N–H and O–H groups in total. The second-order valence-corrected chi connectivity index (χ2v) is 15.0. The highest BCUT2D eigenvalue weighted by Crippen LogP contribution is 2.42. The lowest BCUT2D eigenvalue weighted by atomic mass is 10.0. The maximum atomic E-state index is 12.5. The first-order valence-corrected chi connectivity index (χ1v) is 21.5. The molecule has 288 valence electrons. The quantitative estimate of drug-likeness (QED) is 0.0293. The van der Waals surface area contributed by atoms with Crippen molar-refractivity contribution in [2.75, 3.05) is 20.3 Å². The molecule has 0 saturated carbocycles. The molecule has 0 spiro atoms. The molecule has 0 rings (SSSR count). The Kier molecular flexibility index (Phi) is 35.2. The number of carbonyl (C=O) groups is 2. The van der Waals surface area contributed by atoms with Gasteiger partial charge in [0.05, 0.1) is 6.61 Å². The van der Waals surface area contributed by atoms with E-state index in [9.17, 15) is 19.0 Å². The van der Waals surface area contributed by atoms with Crippen LogP contribution in [0.15, 0.2) is 24.3 Å². The van der Waals surface area contributed by atoms with Crippen LogP contribution in [0.2, 0.25) is 0 Å². The predicted octanol–water partition coefficient (Wildman–Crippen LogP) is 12.3. The average molecular weight is 715 g/mol. The minimum atomic E-state index is -4.26. The summed E-state index contributed by atoms with van der Waals surface area (Å²) in [4.78, 5) is 34.3. The molecule has 8 nitrogen and oxygen atoms in total. The summed E-state index contributed by atoms with van der Waals surface area (Å²) in [7, 11) is -3.20. The normalized spacial score (nSPS) is 13.6. The van der Waals surface area contributed by atoms with Gasteiger partial charge < -0.3 is 14.4 Å². The van der Waals surface area contributed by atoms with Crippen LogP contribution in [0.25, 0.3) is 0 Å². The minimum Gasteiger partial charge on any atom is -0.462 e. The third-order valence-electron chi connectivity index (χ3n) is 8.70. The summed E-state index contributed by atoms with van der Waals surface area (Å²) < 4.78 is 31.9. The molecule has 0 aromatic carbocycles. The van der Waals surface area contributed by atoms with Crippen LogP contribution >= 0.6 is 7.82 Å². The number of ether oxygens (including phenoxy) is 2. The topological polar surface area (TPSA) is 108 Å². The summed E-state index contributed by atoms with van der Waals surface area (Å²) in [6.07, 6.45) is 39.4. The molecule has 49 heavy (non-hydrogen) atoms. The highest BCUT2D eigenvalue weighted by atomic mass is 31.2. The maximum absolute atomic E-state index is 12.5. The average Bonchev–Trinajstić information content (AvgIpc) is 3.09. The van der Waals surface area contributed by atoms with Gasteiger partial charge in [-0.15, -0.1) is 0 Å². The van der Waals surface area contributed by atoms with Gasteiger partial charge in [0.15, 0.2) is 6.10 Å². The smallest absolute Gasteiger partial charge is 0.462 e. The molecule has 2 unspecified atom stereocenters. The highest BCUT2D eigenvalue weighted by Gasteiger charge is 2.24. The Morgan fingerprint density at radius 1 is 0.571 bits per heavy atom. The summed E-state index contributed by atoms with van der Waals surface area (Å²) in [5.41, 5.74) is 0. The van der Waals surface area contributed by atoms with Crippen molar-refractivity contribution in [3.8, 4) is 0 Å². The van der Waals surface area contributed by atoms with Gasteiger partial charge in [0.1, 0.15) is 6.61 Å². The van der Waals surface area contributed by atoms with Crippen LogP contribution in [0.5, 0.6) is 0 Å². The van der Waals surface area contributed by atoms with Crippen LogP contribution in [-0.4, -0.2) is 43.3 Å². The number of allylic oxidation sites excluding steroid dienone is 4. The molecule has 9 heteroatoms. The van der Waals surface area contributed by atoms with Crippen molar-refractivity contribution in [1.82, 2.24) is 0 Å². The van der Waals surface area contributed by atoms with Gasteiger partial charge in [-0.25, -0.2) is 4.57 Å². The first-order valence-electron chi connectivity index (χ1n) is 20.0. The van der Waals surface area contributed by atoms with Crippen LogP contribution < -0.4 is 0 Å². The molecule has 0 aliphatic heterocycles. The zero-order valence-corrected chi connectivity index (χ0v) is 32.7. The van der Waals surface area contributed by atoms with Gasteiger partial charge in [0.25, 0.3) is 0 Å². The first-order chi connectivity index (χ1) is 23.8. The van der Waals surface area contributed by atoms with Crippen molar-refractivity contribution in [1.29, 1.82) is 0 Å². The summed E-state index contributed by atoms with van der Waals surface area (Å²) in [5.74, 6) is -0.808. The summed E-state index contributed by atoms with van der Waals surface area (Å²) in [5, 5.41) is 0. The predicted molar refractivity (Wildman–Crippen MR) is 203 cm³/mol. The van der Waals surface area contributed by atoms with E-state index in [2.05, 4.69) is 42.7 Å². The largest absolute Gasteiger partial charge is 0.472 e. The molecule has 0 aliphatic carbocycles. The van der Waals surface area contributed by atoms with E-state index in [1.54, 1.807) is 0 Å². The van der Waals surface area contributed by atoms with Crippen molar-refractivity contribution < 1.29 is 37.6 Å². The fourth-order valence-electron chi connectivity index (χ4n) is 5.57. The van der Waals surface area contributed by atoms with Gasteiger partial charge in [-0.3, -0.25) is 18.6 Å². The lowest BCUT2D eigenvalue weighted by Gasteiger charge is -2.19. The van der Waals surface area contributed by atoms with Crippen molar-refractivity contribution >= 4 is 19.8 Å². The van der Waals surface area contributed by atoms with Crippen LogP contribution in [-0.2, 0) is 32.7 Å². The standard InChI is InChI=1S/C40H75O8P/c1-4-6-8-10-12-14-16-18-19-20-21-22-23-25-27-29-31-33-35-40(42)48-38(37-47-49(43,44)45-3)36-46-39(41)34-32-30-28-26-24-17-15-13-11-9-7-5-2/h14,16,19-20,38H,4-13,15,17-18,21-37H2,1-3H3,(H,43,44)/b16-14-,20-19-. The van der Waals surface area contributed by atoms with E-state index in [0.29, 0.717) is 12.8 Å². The van der Waals surface area contributed by atoms with Gasteiger partial charge in [-0.05, 0) is 44.9 Å². The molecule has 0 bridgehead atoms. The number of esters is 2. The Morgan fingerprint density at radius 2 is 0.980 bits per heavy atom. The molecular weight excluding hydrogens is 639 g/mol. The van der Waals surface area contributed by atoms with E-state index < -0.39 is 26.5 Å². The zero-order chi connectivity index (χ0) is 36.1. The van der Waals surface area contributed by atoms with E-state index in [-0.39, 0.29) is 19.0 Å². The fraction of sp³-hybridized carbons (Fsp3) is 0.850. The Morgan fingerprint density at radius 3 is 1.45 bits per heavy atom. The Balaban J connectivity index is 4.03. The Labute approximate surface area is 301 Å². The van der Waals surface area contributed by atoms with Gasteiger partial charge in [-0.1, -0.05) is 160 Å².